The average Bonchev–Trinajstić information content (AvgIpc) is 2.74. The molecule has 1 aromatic heterocycles. The van der Waals surface area contributed by atoms with E-state index in [0.29, 0.717) is 12.1 Å². The van der Waals surface area contributed by atoms with Gasteiger partial charge in [-0.1, -0.05) is 61.9 Å². The number of H-pyrrole nitrogens is 1. The van der Waals surface area contributed by atoms with Gasteiger partial charge in [-0.05, 0) is 12.0 Å². The first-order chi connectivity index (χ1) is 14.9. The molecule has 1 heterocycles. The number of aromatic amines is 1. The van der Waals surface area contributed by atoms with Gasteiger partial charge in [0.15, 0.2) is 0 Å². The molecule has 31 heavy (non-hydrogen) atoms. The van der Waals surface area contributed by atoms with Crippen LogP contribution in [0.2, 0.25) is 0 Å². The summed E-state index contributed by atoms with van der Waals surface area (Å²) in [5, 5.41) is 11.5. The number of nitro benzene ring substituents is 1. The molecule has 0 aliphatic heterocycles. The van der Waals surface area contributed by atoms with Crippen molar-refractivity contribution >= 4 is 17.2 Å². The van der Waals surface area contributed by atoms with Gasteiger partial charge in [0, 0.05) is 24.7 Å². The van der Waals surface area contributed by atoms with E-state index in [1.807, 2.05) is 37.3 Å². The van der Waals surface area contributed by atoms with Gasteiger partial charge in [0.2, 0.25) is 0 Å². The Bertz CT molecular complexity index is 1170. The van der Waals surface area contributed by atoms with Gasteiger partial charge in [0.1, 0.15) is 11.5 Å². The normalized spacial score (nSPS) is 10.7. The molecule has 9 heteroatoms. The topological polar surface area (TPSA) is 127 Å². The van der Waals surface area contributed by atoms with E-state index >= 15 is 0 Å². The second-order valence-electron chi connectivity index (χ2n) is 7.23. The molecule has 3 rings (SSSR count). The third-order valence-electron chi connectivity index (χ3n) is 5.03. The van der Waals surface area contributed by atoms with E-state index in [4.69, 9.17) is 5.73 Å². The fourth-order valence-corrected chi connectivity index (χ4v) is 3.47. The molecule has 0 atom stereocenters. The number of nitrogens with zero attached hydrogens (tertiary/aromatic N) is 3. The Hall–Kier alpha value is -3.88. The summed E-state index contributed by atoms with van der Waals surface area (Å²) in [6.07, 6.45) is 1.57. The third-order valence-corrected chi connectivity index (χ3v) is 5.03. The van der Waals surface area contributed by atoms with Gasteiger partial charge in [0.05, 0.1) is 11.5 Å². The molecule has 0 spiro atoms. The maximum atomic E-state index is 12.8. The van der Waals surface area contributed by atoms with Gasteiger partial charge >= 0.3 is 5.69 Å². The zero-order chi connectivity index (χ0) is 22.4. The molecule has 0 saturated carbocycles. The summed E-state index contributed by atoms with van der Waals surface area (Å²) >= 11 is 0. The number of rotatable bonds is 9. The molecular formula is C22H25N5O4. The summed E-state index contributed by atoms with van der Waals surface area (Å²) in [5.41, 5.74) is 6.52. The lowest BCUT2D eigenvalue weighted by molar-refractivity contribution is -0.385. The highest BCUT2D eigenvalue weighted by Crippen LogP contribution is 2.26. The minimum Gasteiger partial charge on any atom is -0.383 e. The lowest BCUT2D eigenvalue weighted by Gasteiger charge is -2.26. The molecule has 0 amide bonds. The smallest absolute Gasteiger partial charge is 0.330 e. The van der Waals surface area contributed by atoms with Crippen LogP contribution in [0.4, 0.5) is 17.2 Å². The van der Waals surface area contributed by atoms with Crippen LogP contribution >= 0.6 is 0 Å². The zero-order valence-corrected chi connectivity index (χ0v) is 17.3. The summed E-state index contributed by atoms with van der Waals surface area (Å²) in [6.45, 7) is 2.72. The molecule has 0 radical (unpaired) electrons. The fraction of sp³-hybridized carbons (Fsp3) is 0.273. The molecule has 162 valence electrons. The van der Waals surface area contributed by atoms with Gasteiger partial charge in [-0.3, -0.25) is 24.5 Å². The Labute approximate surface area is 178 Å². The molecule has 0 saturated heterocycles. The average molecular weight is 423 g/mol. The number of anilines is 2. The van der Waals surface area contributed by atoms with Gasteiger partial charge in [0.25, 0.3) is 11.2 Å². The van der Waals surface area contributed by atoms with Crippen LogP contribution in [0.15, 0.2) is 64.2 Å². The van der Waals surface area contributed by atoms with Crippen LogP contribution < -0.4 is 21.9 Å². The highest BCUT2D eigenvalue weighted by atomic mass is 16.6. The molecule has 0 aliphatic carbocycles. The molecule has 0 aliphatic rings. The second kappa shape index (κ2) is 9.75. The zero-order valence-electron chi connectivity index (χ0n) is 17.3. The van der Waals surface area contributed by atoms with Crippen molar-refractivity contribution in [1.82, 2.24) is 9.55 Å². The van der Waals surface area contributed by atoms with Gasteiger partial charge in [-0.2, -0.15) is 0 Å². The number of hydrogen-bond acceptors (Lipinski definition) is 6. The summed E-state index contributed by atoms with van der Waals surface area (Å²) in [4.78, 5) is 40.2. The van der Waals surface area contributed by atoms with Crippen molar-refractivity contribution in [3.63, 3.8) is 0 Å². The summed E-state index contributed by atoms with van der Waals surface area (Å²) < 4.78 is 1.34. The van der Waals surface area contributed by atoms with Crippen LogP contribution in [-0.4, -0.2) is 14.5 Å². The molecule has 3 aromatic rings. The number of para-hydroxylation sites is 1. The third kappa shape index (κ3) is 5.00. The van der Waals surface area contributed by atoms with Crippen LogP contribution in [0.1, 0.15) is 30.9 Å². The SMILES string of the molecule is CCCCn1c(N)c(N(Cc2ccccc2)Cc2ccccc2[N+](=O)[O-])c(=O)[nH]c1=O. The monoisotopic (exact) mass is 423 g/mol. The van der Waals surface area contributed by atoms with Gasteiger partial charge in [-0.25, -0.2) is 4.79 Å². The number of aromatic nitrogens is 2. The Morgan fingerprint density at radius 2 is 1.74 bits per heavy atom. The van der Waals surface area contributed by atoms with Gasteiger partial charge in [-0.15, -0.1) is 0 Å². The van der Waals surface area contributed by atoms with Crippen molar-refractivity contribution in [2.24, 2.45) is 0 Å². The van der Waals surface area contributed by atoms with Crippen molar-refractivity contribution < 1.29 is 4.92 Å². The maximum absolute atomic E-state index is 12.8. The standard InChI is InChI=1S/C22H25N5O4/c1-2-3-13-26-20(23)19(21(28)24-22(26)29)25(14-16-9-5-4-6-10-16)15-17-11-7-8-12-18(17)27(30)31/h4-12H,2-3,13-15,23H2,1H3,(H,24,28,29). The maximum Gasteiger partial charge on any atom is 0.330 e. The Morgan fingerprint density at radius 1 is 1.06 bits per heavy atom. The van der Waals surface area contributed by atoms with Crippen LogP contribution in [0, 0.1) is 10.1 Å². The summed E-state index contributed by atoms with van der Waals surface area (Å²) in [7, 11) is 0. The largest absolute Gasteiger partial charge is 0.383 e. The number of nitrogen functional groups attached to an aromatic ring is 1. The molecule has 9 nitrogen and oxygen atoms in total. The summed E-state index contributed by atoms with van der Waals surface area (Å²) in [6, 6.07) is 15.8. The minimum absolute atomic E-state index is 0.0464. The van der Waals surface area contributed by atoms with Crippen molar-refractivity contribution in [2.45, 2.75) is 39.4 Å². The molecule has 0 fully saturated rings. The second-order valence-corrected chi connectivity index (χ2v) is 7.23. The van der Waals surface area contributed by atoms with Crippen LogP contribution in [0.5, 0.6) is 0 Å². The number of nitrogens with two attached hydrogens (primary N) is 1. The Kier molecular flexibility index (Phi) is 6.86. The fourth-order valence-electron chi connectivity index (χ4n) is 3.47. The number of hydrogen-bond donors (Lipinski definition) is 2. The van der Waals surface area contributed by atoms with E-state index in [1.165, 1.54) is 10.6 Å². The van der Waals surface area contributed by atoms with Crippen LogP contribution in [0.3, 0.4) is 0 Å². The Morgan fingerprint density at radius 3 is 2.42 bits per heavy atom. The van der Waals surface area contributed by atoms with E-state index in [1.54, 1.807) is 23.1 Å². The lowest BCUT2D eigenvalue weighted by atomic mass is 10.1. The predicted octanol–water partition coefficient (Wildman–Crippen LogP) is 3.03. The number of benzene rings is 2. The van der Waals surface area contributed by atoms with E-state index in [2.05, 4.69) is 4.98 Å². The van der Waals surface area contributed by atoms with Crippen molar-refractivity contribution in [3.8, 4) is 0 Å². The van der Waals surface area contributed by atoms with Crippen molar-refractivity contribution in [3.05, 3.63) is 96.7 Å². The summed E-state index contributed by atoms with van der Waals surface area (Å²) in [5.74, 6) is 0.0525. The predicted molar refractivity (Wildman–Crippen MR) is 120 cm³/mol. The van der Waals surface area contributed by atoms with E-state index in [-0.39, 0.29) is 30.3 Å². The van der Waals surface area contributed by atoms with Gasteiger partial charge < -0.3 is 10.6 Å². The molecule has 0 unspecified atom stereocenters. The van der Waals surface area contributed by atoms with E-state index in [0.717, 1.165) is 18.4 Å². The first-order valence-electron chi connectivity index (χ1n) is 10.1. The van der Waals surface area contributed by atoms with E-state index < -0.39 is 16.2 Å². The first kappa shape index (κ1) is 21.8. The Balaban J connectivity index is 2.12. The van der Waals surface area contributed by atoms with Crippen molar-refractivity contribution in [1.29, 1.82) is 0 Å². The van der Waals surface area contributed by atoms with Crippen LogP contribution in [-0.2, 0) is 19.6 Å². The minimum atomic E-state index is -0.621. The van der Waals surface area contributed by atoms with Crippen LogP contribution in [0.25, 0.3) is 0 Å². The van der Waals surface area contributed by atoms with E-state index in [9.17, 15) is 19.7 Å². The highest BCUT2D eigenvalue weighted by Gasteiger charge is 2.22. The quantitative estimate of drug-likeness (QED) is 0.402. The molecule has 3 N–H and O–H groups in total. The molecule has 0 bridgehead atoms. The highest BCUT2D eigenvalue weighted by molar-refractivity contribution is 5.63. The molecule has 2 aromatic carbocycles. The lowest BCUT2D eigenvalue weighted by Crippen LogP contribution is -2.38. The number of nitro groups is 1. The first-order valence-corrected chi connectivity index (χ1v) is 10.1. The number of unbranched alkanes of at least 4 members (excludes halogenated alkanes) is 1. The molecular weight excluding hydrogens is 398 g/mol. The number of nitrogens with one attached hydrogen (secondary N) is 1. The van der Waals surface area contributed by atoms with Crippen molar-refractivity contribution in [2.75, 3.05) is 10.6 Å².